The van der Waals surface area contributed by atoms with Crippen LogP contribution in [0.5, 0.6) is 0 Å². The molecule has 2 aromatic heterocycles. The first kappa shape index (κ1) is 15.1. The number of aromatic nitrogens is 4. The lowest BCUT2D eigenvalue weighted by Crippen LogP contribution is -2.34. The van der Waals surface area contributed by atoms with Crippen LogP contribution in [0.4, 0.5) is 5.13 Å². The number of hydrogen-bond donors (Lipinski definition) is 0. The van der Waals surface area contributed by atoms with Gasteiger partial charge in [-0.3, -0.25) is 4.57 Å². The van der Waals surface area contributed by atoms with E-state index in [1.807, 2.05) is 10.6 Å². The van der Waals surface area contributed by atoms with Crippen molar-refractivity contribution in [1.82, 2.24) is 19.3 Å². The molecular formula is C18H21N5OS. The molecule has 7 heteroatoms. The Hall–Kier alpha value is -2.15. The van der Waals surface area contributed by atoms with E-state index in [0.29, 0.717) is 12.0 Å². The fourth-order valence-electron chi connectivity index (χ4n) is 3.78. The van der Waals surface area contributed by atoms with E-state index < -0.39 is 0 Å². The van der Waals surface area contributed by atoms with E-state index in [-0.39, 0.29) is 5.69 Å². The summed E-state index contributed by atoms with van der Waals surface area (Å²) in [6.45, 7) is 1.94. The maximum Gasteiger partial charge on any atom is 0.345 e. The van der Waals surface area contributed by atoms with Crippen LogP contribution in [-0.4, -0.2) is 32.4 Å². The van der Waals surface area contributed by atoms with Crippen LogP contribution >= 0.6 is 11.3 Å². The van der Waals surface area contributed by atoms with Crippen LogP contribution in [0, 0.1) is 0 Å². The van der Waals surface area contributed by atoms with E-state index in [1.165, 1.54) is 9.38 Å². The van der Waals surface area contributed by atoms with Crippen molar-refractivity contribution in [1.29, 1.82) is 0 Å². The zero-order chi connectivity index (χ0) is 17.0. The van der Waals surface area contributed by atoms with Crippen LogP contribution in [0.3, 0.4) is 0 Å². The molecule has 5 rings (SSSR count). The summed E-state index contributed by atoms with van der Waals surface area (Å²) in [6, 6.07) is 8.69. The predicted octanol–water partition coefficient (Wildman–Crippen LogP) is 2.91. The average Bonchev–Trinajstić information content (AvgIpc) is 3.30. The molecular weight excluding hydrogens is 334 g/mol. The second-order valence-electron chi connectivity index (χ2n) is 7.09. The largest absolute Gasteiger partial charge is 0.348 e. The standard InChI is InChI=1S/C18H21N5OS/c1-21-18(24)23(13-6-7-13)16(20-21)12-8-10-22(11-9-12)17-19-14-4-2-3-5-15(14)25-17/h2-5,12-13H,6-11H2,1H3. The Labute approximate surface area is 149 Å². The molecule has 2 aliphatic rings. The fourth-order valence-corrected chi connectivity index (χ4v) is 4.79. The van der Waals surface area contributed by atoms with Crippen molar-refractivity contribution in [3.63, 3.8) is 0 Å². The summed E-state index contributed by atoms with van der Waals surface area (Å²) in [5.41, 5.74) is 1.13. The van der Waals surface area contributed by atoms with Gasteiger partial charge in [0.05, 0.1) is 10.2 Å². The van der Waals surface area contributed by atoms with Crippen LogP contribution in [-0.2, 0) is 7.05 Å². The van der Waals surface area contributed by atoms with Crippen LogP contribution in [0.25, 0.3) is 10.2 Å². The molecule has 1 aliphatic carbocycles. The monoisotopic (exact) mass is 355 g/mol. The highest BCUT2D eigenvalue weighted by atomic mass is 32.1. The first-order valence-corrected chi connectivity index (χ1v) is 9.78. The third-order valence-corrected chi connectivity index (χ3v) is 6.40. The fraction of sp³-hybridized carbons (Fsp3) is 0.500. The molecule has 0 spiro atoms. The van der Waals surface area contributed by atoms with Gasteiger partial charge < -0.3 is 4.90 Å². The summed E-state index contributed by atoms with van der Waals surface area (Å²) in [5, 5.41) is 5.67. The smallest absolute Gasteiger partial charge is 0.345 e. The zero-order valence-corrected chi connectivity index (χ0v) is 15.1. The number of rotatable bonds is 3. The zero-order valence-electron chi connectivity index (χ0n) is 14.3. The lowest BCUT2D eigenvalue weighted by molar-refractivity contribution is 0.462. The first-order chi connectivity index (χ1) is 12.2. The number of hydrogen-bond acceptors (Lipinski definition) is 5. The van der Waals surface area contributed by atoms with E-state index in [4.69, 9.17) is 4.98 Å². The highest BCUT2D eigenvalue weighted by molar-refractivity contribution is 7.22. The van der Waals surface area contributed by atoms with Crippen LogP contribution in [0.15, 0.2) is 29.1 Å². The predicted molar refractivity (Wildman–Crippen MR) is 99.5 cm³/mol. The van der Waals surface area contributed by atoms with Gasteiger partial charge in [0, 0.05) is 32.1 Å². The van der Waals surface area contributed by atoms with Crippen molar-refractivity contribution < 1.29 is 0 Å². The third-order valence-electron chi connectivity index (χ3n) is 5.31. The summed E-state index contributed by atoms with van der Waals surface area (Å²) < 4.78 is 4.71. The second-order valence-corrected chi connectivity index (χ2v) is 8.10. The molecule has 1 saturated heterocycles. The molecule has 3 aromatic rings. The minimum atomic E-state index is 0.0473. The van der Waals surface area contributed by atoms with Gasteiger partial charge in [-0.05, 0) is 37.8 Å². The van der Waals surface area contributed by atoms with Gasteiger partial charge in [-0.25, -0.2) is 14.5 Å². The maximum atomic E-state index is 12.3. The molecule has 0 unspecified atom stereocenters. The van der Waals surface area contributed by atoms with E-state index in [9.17, 15) is 4.79 Å². The Bertz CT molecular complexity index is 942. The first-order valence-electron chi connectivity index (χ1n) is 8.96. The highest BCUT2D eigenvalue weighted by Crippen LogP contribution is 2.38. The summed E-state index contributed by atoms with van der Waals surface area (Å²) in [4.78, 5) is 19.5. The molecule has 0 radical (unpaired) electrons. The van der Waals surface area contributed by atoms with Crippen LogP contribution in [0.1, 0.15) is 43.5 Å². The number of nitrogens with zero attached hydrogens (tertiary/aromatic N) is 5. The van der Waals surface area contributed by atoms with Gasteiger partial charge in [0.1, 0.15) is 5.82 Å². The summed E-state index contributed by atoms with van der Waals surface area (Å²) >= 11 is 1.77. The minimum Gasteiger partial charge on any atom is -0.348 e. The minimum absolute atomic E-state index is 0.0473. The van der Waals surface area contributed by atoms with E-state index in [2.05, 4.69) is 28.2 Å². The molecule has 0 N–H and O–H groups in total. The molecule has 6 nitrogen and oxygen atoms in total. The molecule has 0 atom stereocenters. The molecule has 1 saturated carbocycles. The molecule has 3 heterocycles. The number of aryl methyl sites for hydroxylation is 1. The molecule has 1 aromatic carbocycles. The Kier molecular flexibility index (Phi) is 3.45. The van der Waals surface area contributed by atoms with Crippen LogP contribution in [0.2, 0.25) is 0 Å². The topological polar surface area (TPSA) is 56.0 Å². The Morgan fingerprint density at radius 2 is 1.88 bits per heavy atom. The molecule has 25 heavy (non-hydrogen) atoms. The Morgan fingerprint density at radius 3 is 2.60 bits per heavy atom. The van der Waals surface area contributed by atoms with Gasteiger partial charge in [0.15, 0.2) is 5.13 Å². The van der Waals surface area contributed by atoms with Crippen molar-refractivity contribution in [2.75, 3.05) is 18.0 Å². The second kappa shape index (κ2) is 5.69. The van der Waals surface area contributed by atoms with Crippen molar-refractivity contribution >= 4 is 26.7 Å². The van der Waals surface area contributed by atoms with Gasteiger partial charge in [-0.15, -0.1) is 0 Å². The van der Waals surface area contributed by atoms with Crippen molar-refractivity contribution in [3.05, 3.63) is 40.6 Å². The molecule has 2 fully saturated rings. The lowest BCUT2D eigenvalue weighted by atomic mass is 9.96. The lowest BCUT2D eigenvalue weighted by Gasteiger charge is -2.31. The number of thiazole rings is 1. The van der Waals surface area contributed by atoms with E-state index in [1.54, 1.807) is 18.4 Å². The Morgan fingerprint density at radius 1 is 1.12 bits per heavy atom. The number of para-hydroxylation sites is 1. The Balaban J connectivity index is 1.36. The van der Waals surface area contributed by atoms with Gasteiger partial charge in [-0.1, -0.05) is 23.5 Å². The van der Waals surface area contributed by atoms with Crippen molar-refractivity contribution in [3.8, 4) is 0 Å². The summed E-state index contributed by atoms with van der Waals surface area (Å²) in [7, 11) is 1.76. The summed E-state index contributed by atoms with van der Waals surface area (Å²) in [5.74, 6) is 1.37. The number of piperidine rings is 1. The van der Waals surface area contributed by atoms with Gasteiger partial charge in [0.25, 0.3) is 0 Å². The number of benzene rings is 1. The van der Waals surface area contributed by atoms with Crippen molar-refractivity contribution in [2.45, 2.75) is 37.6 Å². The van der Waals surface area contributed by atoms with E-state index in [0.717, 1.165) is 55.2 Å². The molecule has 0 bridgehead atoms. The SMILES string of the molecule is Cn1nc(C2CCN(c3nc4ccccc4s3)CC2)n(C2CC2)c1=O. The molecule has 1 aliphatic heterocycles. The van der Waals surface area contributed by atoms with Gasteiger partial charge in [-0.2, -0.15) is 5.10 Å². The highest BCUT2D eigenvalue weighted by Gasteiger charge is 2.33. The number of fused-ring (bicyclic) bond motifs is 1. The number of anilines is 1. The average molecular weight is 355 g/mol. The maximum absolute atomic E-state index is 12.3. The normalized spacial score (nSPS) is 19.0. The quantitative estimate of drug-likeness (QED) is 0.725. The van der Waals surface area contributed by atoms with Crippen LogP contribution < -0.4 is 10.6 Å². The van der Waals surface area contributed by atoms with Crippen molar-refractivity contribution in [2.24, 2.45) is 7.05 Å². The van der Waals surface area contributed by atoms with Gasteiger partial charge >= 0.3 is 5.69 Å². The van der Waals surface area contributed by atoms with E-state index >= 15 is 0 Å². The third kappa shape index (κ3) is 2.57. The molecule has 0 amide bonds. The summed E-state index contributed by atoms with van der Waals surface area (Å²) in [6.07, 6.45) is 4.28. The molecule has 130 valence electrons. The van der Waals surface area contributed by atoms with Gasteiger partial charge in [0.2, 0.25) is 0 Å².